The molecule has 1 atom stereocenters. The summed E-state index contributed by atoms with van der Waals surface area (Å²) in [5, 5.41) is 9.41. The van der Waals surface area contributed by atoms with Gasteiger partial charge < -0.3 is 10.0 Å². The number of anilines is 1. The van der Waals surface area contributed by atoms with Crippen molar-refractivity contribution in [3.8, 4) is 24.2 Å². The van der Waals surface area contributed by atoms with Gasteiger partial charge in [0, 0.05) is 29.3 Å². The minimum Gasteiger partial charge on any atom is -0.396 e. The van der Waals surface area contributed by atoms with E-state index in [0.29, 0.717) is 6.54 Å². The normalized spacial score (nSPS) is 17.1. The Labute approximate surface area is 152 Å². The first kappa shape index (κ1) is 19.2. The third kappa shape index (κ3) is 4.47. The molecule has 1 aromatic rings. The number of benzene rings is 1. The number of terminal acetylenes is 1. The van der Waals surface area contributed by atoms with E-state index >= 15 is 0 Å². The Hall–Kier alpha value is -2.16. The van der Waals surface area contributed by atoms with Crippen LogP contribution in [0.25, 0.3) is 0 Å². The van der Waals surface area contributed by atoms with Crippen LogP contribution in [0.5, 0.6) is 0 Å². The van der Waals surface area contributed by atoms with Crippen LogP contribution in [-0.2, 0) is 5.41 Å². The fourth-order valence-corrected chi connectivity index (χ4v) is 3.21. The Kier molecular flexibility index (Phi) is 6.35. The molecule has 1 unspecified atom stereocenters. The lowest BCUT2D eigenvalue weighted by atomic mass is 9.77. The topological polar surface area (TPSA) is 23.5 Å². The molecule has 0 amide bonds. The number of hydrogen-bond acceptors (Lipinski definition) is 2. The van der Waals surface area contributed by atoms with Crippen molar-refractivity contribution in [1.29, 1.82) is 0 Å². The Balaban J connectivity index is 2.39. The van der Waals surface area contributed by atoms with Crippen molar-refractivity contribution < 1.29 is 5.11 Å². The molecule has 132 valence electrons. The fraction of sp³-hybridized carbons (Fsp3) is 0.478. The van der Waals surface area contributed by atoms with E-state index in [-0.39, 0.29) is 17.9 Å². The van der Waals surface area contributed by atoms with Gasteiger partial charge in [-0.05, 0) is 42.0 Å². The second kappa shape index (κ2) is 8.28. The van der Waals surface area contributed by atoms with Gasteiger partial charge in [0.25, 0.3) is 0 Å². The van der Waals surface area contributed by atoms with Gasteiger partial charge in [0.2, 0.25) is 0 Å². The van der Waals surface area contributed by atoms with Gasteiger partial charge in [-0.3, -0.25) is 0 Å². The number of rotatable bonds is 4. The highest BCUT2D eigenvalue weighted by molar-refractivity contribution is 5.62. The minimum absolute atomic E-state index is 0.0765. The summed E-state index contributed by atoms with van der Waals surface area (Å²) < 4.78 is 0. The molecule has 2 heteroatoms. The van der Waals surface area contributed by atoms with E-state index < -0.39 is 0 Å². The van der Waals surface area contributed by atoms with Crippen molar-refractivity contribution in [3.63, 3.8) is 0 Å². The molecule has 0 aromatic heterocycles. The zero-order chi connectivity index (χ0) is 18.4. The van der Waals surface area contributed by atoms with E-state index in [9.17, 15) is 5.11 Å². The van der Waals surface area contributed by atoms with Gasteiger partial charge in [-0.15, -0.1) is 6.42 Å². The van der Waals surface area contributed by atoms with Crippen LogP contribution in [0.3, 0.4) is 0 Å². The zero-order valence-electron chi connectivity index (χ0n) is 15.9. The minimum atomic E-state index is 0.0765. The first-order chi connectivity index (χ1) is 11.9. The maximum absolute atomic E-state index is 9.41. The van der Waals surface area contributed by atoms with Crippen LogP contribution >= 0.6 is 0 Å². The lowest BCUT2D eigenvalue weighted by Crippen LogP contribution is -2.37. The van der Waals surface area contributed by atoms with Crippen LogP contribution in [0.1, 0.15) is 51.7 Å². The van der Waals surface area contributed by atoms with Crippen LogP contribution in [0, 0.1) is 30.1 Å². The van der Waals surface area contributed by atoms with Crippen LogP contribution in [0.4, 0.5) is 5.69 Å². The van der Waals surface area contributed by atoms with Gasteiger partial charge in [0.15, 0.2) is 0 Å². The number of nitrogens with zero attached hydrogens (tertiary/aromatic N) is 1. The standard InChI is InChI=1S/C23H29NO/c1-6-8-20(18(3)17-25)11-9-19-10-12-22-21(16-19)23(4,5)13-15-24(22)14-7-2/h2,8,10,12,16,18,25H,6,13-15,17H2,1,3-5H3/b20-8-. The average Bonchev–Trinajstić information content (AvgIpc) is 2.60. The molecule has 2 nitrogen and oxygen atoms in total. The molecule has 1 aliphatic heterocycles. The maximum atomic E-state index is 9.41. The first-order valence-corrected chi connectivity index (χ1v) is 9.08. The average molecular weight is 335 g/mol. The van der Waals surface area contributed by atoms with E-state index in [4.69, 9.17) is 6.42 Å². The van der Waals surface area contributed by atoms with Crippen LogP contribution in [0.2, 0.25) is 0 Å². The van der Waals surface area contributed by atoms with Gasteiger partial charge >= 0.3 is 0 Å². The third-order valence-electron chi connectivity index (χ3n) is 4.94. The zero-order valence-corrected chi connectivity index (χ0v) is 15.9. The molecular formula is C23H29NO. The van der Waals surface area contributed by atoms with Gasteiger partial charge in [0.1, 0.15) is 0 Å². The fourth-order valence-electron chi connectivity index (χ4n) is 3.21. The highest BCUT2D eigenvalue weighted by atomic mass is 16.3. The Bertz CT molecular complexity index is 740. The molecule has 0 aliphatic carbocycles. The lowest BCUT2D eigenvalue weighted by Gasteiger charge is -2.39. The van der Waals surface area contributed by atoms with E-state index in [0.717, 1.165) is 30.5 Å². The molecule has 1 aliphatic rings. The second-order valence-corrected chi connectivity index (χ2v) is 7.39. The number of hydrogen-bond donors (Lipinski definition) is 1. The Morgan fingerprint density at radius 3 is 2.84 bits per heavy atom. The van der Waals surface area contributed by atoms with Gasteiger partial charge in [-0.25, -0.2) is 0 Å². The molecule has 0 bridgehead atoms. The van der Waals surface area contributed by atoms with Gasteiger partial charge in [-0.1, -0.05) is 51.5 Å². The Morgan fingerprint density at radius 1 is 1.44 bits per heavy atom. The summed E-state index contributed by atoms with van der Waals surface area (Å²) in [7, 11) is 0. The van der Waals surface area contributed by atoms with Crippen LogP contribution < -0.4 is 4.90 Å². The molecule has 0 radical (unpaired) electrons. The summed E-state index contributed by atoms with van der Waals surface area (Å²) in [6.07, 6.45) is 9.63. The molecule has 0 saturated carbocycles. The van der Waals surface area contributed by atoms with Crippen molar-refractivity contribution in [1.82, 2.24) is 0 Å². The molecule has 2 rings (SSSR count). The van der Waals surface area contributed by atoms with Gasteiger partial charge in [-0.2, -0.15) is 0 Å². The monoisotopic (exact) mass is 335 g/mol. The maximum Gasteiger partial charge on any atom is 0.0791 e. The highest BCUT2D eigenvalue weighted by Crippen LogP contribution is 2.39. The summed E-state index contributed by atoms with van der Waals surface area (Å²) in [6.45, 7) is 10.4. The molecule has 25 heavy (non-hydrogen) atoms. The summed E-state index contributed by atoms with van der Waals surface area (Å²) in [6, 6.07) is 6.43. The first-order valence-electron chi connectivity index (χ1n) is 9.08. The molecule has 0 spiro atoms. The molecule has 0 fully saturated rings. The number of allylic oxidation sites excluding steroid dienone is 1. The molecule has 1 heterocycles. The van der Waals surface area contributed by atoms with Crippen LogP contribution in [0.15, 0.2) is 29.8 Å². The summed E-state index contributed by atoms with van der Waals surface area (Å²) in [5.41, 5.74) is 4.70. The third-order valence-corrected chi connectivity index (χ3v) is 4.94. The number of aliphatic hydroxyl groups excluding tert-OH is 1. The summed E-state index contributed by atoms with van der Waals surface area (Å²) >= 11 is 0. The van der Waals surface area contributed by atoms with E-state index in [1.165, 1.54) is 11.3 Å². The van der Waals surface area contributed by atoms with Crippen LogP contribution in [-0.4, -0.2) is 24.8 Å². The van der Waals surface area contributed by atoms with Crippen molar-refractivity contribution in [2.75, 3.05) is 24.6 Å². The van der Waals surface area contributed by atoms with Crippen molar-refractivity contribution >= 4 is 5.69 Å². The molecule has 0 saturated heterocycles. The van der Waals surface area contributed by atoms with Crippen molar-refractivity contribution in [2.24, 2.45) is 5.92 Å². The van der Waals surface area contributed by atoms with Crippen molar-refractivity contribution in [3.05, 3.63) is 41.0 Å². The van der Waals surface area contributed by atoms with Gasteiger partial charge in [0.05, 0.1) is 13.2 Å². The number of aliphatic hydroxyl groups is 1. The molecular weight excluding hydrogens is 306 g/mol. The predicted molar refractivity (Wildman–Crippen MR) is 107 cm³/mol. The lowest BCUT2D eigenvalue weighted by molar-refractivity contribution is 0.258. The van der Waals surface area contributed by atoms with E-state index in [1.807, 2.05) is 6.92 Å². The quantitative estimate of drug-likeness (QED) is 0.837. The van der Waals surface area contributed by atoms with E-state index in [1.54, 1.807) is 0 Å². The SMILES string of the molecule is C#CCN1CCC(C)(C)c2cc(C#C/C(=C/CC)C(C)CO)ccc21. The largest absolute Gasteiger partial charge is 0.396 e. The smallest absolute Gasteiger partial charge is 0.0791 e. The summed E-state index contributed by atoms with van der Waals surface area (Å²) in [5.74, 6) is 9.39. The Morgan fingerprint density at radius 2 is 2.20 bits per heavy atom. The molecule has 1 N–H and O–H groups in total. The summed E-state index contributed by atoms with van der Waals surface area (Å²) in [4.78, 5) is 2.27. The van der Waals surface area contributed by atoms with Crippen molar-refractivity contribution in [2.45, 2.75) is 46.0 Å². The number of fused-ring (bicyclic) bond motifs is 1. The molecule has 1 aromatic carbocycles. The predicted octanol–water partition coefficient (Wildman–Crippen LogP) is 4.12. The van der Waals surface area contributed by atoms with E-state index in [2.05, 4.69) is 67.7 Å². The second-order valence-electron chi connectivity index (χ2n) is 7.39. The highest BCUT2D eigenvalue weighted by Gasteiger charge is 2.30.